The third-order valence-corrected chi connectivity index (χ3v) is 10.7. The largest absolute Gasteiger partial charge is 0.452 e. The maximum Gasteiger partial charge on any atom is 0.180 e. The van der Waals surface area contributed by atoms with Crippen LogP contribution in [0, 0.1) is 0 Å². The smallest absolute Gasteiger partial charge is 0.180 e. The molecule has 0 bridgehead atoms. The second kappa shape index (κ2) is 11.1. The van der Waals surface area contributed by atoms with E-state index in [0.717, 1.165) is 66.6 Å². The highest BCUT2D eigenvalue weighted by Gasteiger charge is 2.25. The Morgan fingerprint density at radius 1 is 0.623 bits per heavy atom. The van der Waals surface area contributed by atoms with Crippen molar-refractivity contribution in [2.24, 2.45) is 0 Å². The van der Waals surface area contributed by atoms with Gasteiger partial charge in [-0.25, -0.2) is 15.0 Å². The van der Waals surface area contributed by atoms with E-state index in [1.807, 2.05) is 30.5 Å². The van der Waals surface area contributed by atoms with Gasteiger partial charge < -0.3 is 9.40 Å². The van der Waals surface area contributed by atoms with Gasteiger partial charge in [-0.05, 0) is 88.7 Å². The summed E-state index contributed by atoms with van der Waals surface area (Å²) in [5.74, 6) is 0.654. The van der Waals surface area contributed by atoms with Gasteiger partial charge in [0, 0.05) is 55.5 Å². The van der Waals surface area contributed by atoms with E-state index in [2.05, 4.69) is 142 Å². The molecule has 0 aliphatic carbocycles. The molecule has 10 aromatic rings. The van der Waals surface area contributed by atoms with Crippen molar-refractivity contribution in [2.45, 2.75) is 52.4 Å². The Balaban J connectivity index is 1.26. The van der Waals surface area contributed by atoms with Gasteiger partial charge >= 0.3 is 0 Å². The molecule has 5 aromatic heterocycles. The van der Waals surface area contributed by atoms with E-state index in [1.165, 1.54) is 27.3 Å². The van der Waals surface area contributed by atoms with Crippen LogP contribution in [0.25, 0.3) is 94.1 Å². The highest BCUT2D eigenvalue weighted by molar-refractivity contribution is 6.13. The van der Waals surface area contributed by atoms with Gasteiger partial charge in [0.2, 0.25) is 0 Å². The molecule has 0 amide bonds. The van der Waals surface area contributed by atoms with Crippen LogP contribution < -0.4 is 0 Å². The van der Waals surface area contributed by atoms with Gasteiger partial charge in [-0.1, -0.05) is 90.1 Å². The van der Waals surface area contributed by atoms with E-state index in [9.17, 15) is 0 Å². The lowest BCUT2D eigenvalue weighted by Crippen LogP contribution is -2.11. The zero-order valence-corrected chi connectivity index (χ0v) is 30.7. The number of hydrogen-bond donors (Lipinski definition) is 1. The predicted octanol–water partition coefficient (Wildman–Crippen LogP) is 12.4. The van der Waals surface area contributed by atoms with Crippen LogP contribution >= 0.6 is 0 Å². The highest BCUT2D eigenvalue weighted by Crippen LogP contribution is 2.42. The molecule has 0 saturated heterocycles. The van der Waals surface area contributed by atoms with Crippen molar-refractivity contribution >= 4 is 65.8 Å². The Bertz CT molecular complexity index is 3040. The fourth-order valence-corrected chi connectivity index (χ4v) is 7.83. The van der Waals surface area contributed by atoms with Crippen LogP contribution in [0.1, 0.15) is 52.7 Å². The topological polar surface area (TPSA) is 72.5 Å². The summed E-state index contributed by atoms with van der Waals surface area (Å²) in [4.78, 5) is 19.4. The SMILES string of the molecule is CC(C)(C)c1ccc2[nH]c3c(-c4nc(-c5cccc(-n6c7ccccc7c7cccnc76)c5)c5oc6ccccc6c5n4)cc(C(C)(C)C)cc3c2c1. The fraction of sp³-hybridized carbons (Fsp3) is 0.170. The van der Waals surface area contributed by atoms with Crippen LogP contribution in [0.15, 0.2) is 126 Å². The monoisotopic (exact) mass is 689 g/mol. The molecule has 258 valence electrons. The first-order chi connectivity index (χ1) is 25.5. The molecule has 0 spiro atoms. The van der Waals surface area contributed by atoms with E-state index < -0.39 is 0 Å². The van der Waals surface area contributed by atoms with Crippen molar-refractivity contribution in [3.05, 3.63) is 133 Å². The molecule has 0 saturated carbocycles. The predicted molar refractivity (Wildman–Crippen MR) is 219 cm³/mol. The zero-order chi connectivity index (χ0) is 36.2. The van der Waals surface area contributed by atoms with Gasteiger partial charge in [-0.2, -0.15) is 0 Å². The Kier molecular flexibility index (Phi) is 6.60. The maximum atomic E-state index is 6.61. The molecular formula is C47H39N5O. The third-order valence-electron chi connectivity index (χ3n) is 10.7. The molecule has 0 radical (unpaired) electrons. The van der Waals surface area contributed by atoms with Gasteiger partial charge in [0.15, 0.2) is 11.4 Å². The molecule has 0 unspecified atom stereocenters. The Hall–Kier alpha value is -6.27. The molecule has 53 heavy (non-hydrogen) atoms. The molecule has 10 rings (SSSR count). The quantitative estimate of drug-likeness (QED) is 0.200. The van der Waals surface area contributed by atoms with Crippen LogP contribution in [0.2, 0.25) is 0 Å². The van der Waals surface area contributed by atoms with Crippen LogP contribution in [-0.2, 0) is 10.8 Å². The second-order valence-corrected chi connectivity index (χ2v) is 16.3. The average molecular weight is 690 g/mol. The standard InChI is InChI=1S/C47H39N5O/c1-46(2,3)28-20-21-37-34(24-28)35-25-29(47(4,5)6)26-36(41(35)49-37)44-50-40(43-42(51-44)33-16-8-10-19-39(33)53-43)27-13-11-14-30(23-27)52-38-18-9-7-15-31(38)32-17-12-22-48-45(32)52/h7-26,49H,1-6H3. The summed E-state index contributed by atoms with van der Waals surface area (Å²) in [5.41, 5.74) is 12.5. The minimum Gasteiger partial charge on any atom is -0.452 e. The Morgan fingerprint density at radius 2 is 1.38 bits per heavy atom. The molecule has 5 aromatic carbocycles. The first-order valence-corrected chi connectivity index (χ1v) is 18.3. The summed E-state index contributed by atoms with van der Waals surface area (Å²) in [6.07, 6.45) is 1.86. The fourth-order valence-electron chi connectivity index (χ4n) is 7.83. The first kappa shape index (κ1) is 31.5. The van der Waals surface area contributed by atoms with E-state index in [1.54, 1.807) is 0 Å². The summed E-state index contributed by atoms with van der Waals surface area (Å²) in [6.45, 7) is 13.6. The number of fused-ring (bicyclic) bond motifs is 9. The Morgan fingerprint density at radius 3 is 2.21 bits per heavy atom. The number of para-hydroxylation sites is 2. The lowest BCUT2D eigenvalue weighted by Gasteiger charge is -2.21. The Labute approximate surface area is 307 Å². The number of nitrogens with one attached hydrogen (secondary N) is 1. The van der Waals surface area contributed by atoms with Gasteiger partial charge in [0.1, 0.15) is 22.4 Å². The van der Waals surface area contributed by atoms with Crippen molar-refractivity contribution in [1.82, 2.24) is 24.5 Å². The minimum atomic E-state index is -0.103. The highest BCUT2D eigenvalue weighted by atomic mass is 16.3. The van der Waals surface area contributed by atoms with Crippen LogP contribution in [0.4, 0.5) is 0 Å². The number of hydrogen-bond acceptors (Lipinski definition) is 4. The molecule has 0 aliphatic rings. The van der Waals surface area contributed by atoms with Crippen molar-refractivity contribution in [3.8, 4) is 28.3 Å². The van der Waals surface area contributed by atoms with E-state index in [-0.39, 0.29) is 10.8 Å². The number of pyridine rings is 1. The van der Waals surface area contributed by atoms with Gasteiger partial charge in [-0.3, -0.25) is 4.57 Å². The van der Waals surface area contributed by atoms with Crippen molar-refractivity contribution in [3.63, 3.8) is 0 Å². The van der Waals surface area contributed by atoms with Gasteiger partial charge in [-0.15, -0.1) is 0 Å². The second-order valence-electron chi connectivity index (χ2n) is 16.3. The van der Waals surface area contributed by atoms with Crippen molar-refractivity contribution < 1.29 is 4.42 Å². The van der Waals surface area contributed by atoms with Gasteiger partial charge in [0.25, 0.3) is 0 Å². The lowest BCUT2D eigenvalue weighted by molar-refractivity contribution is 0.590. The average Bonchev–Trinajstić information content (AvgIpc) is 3.83. The third kappa shape index (κ3) is 4.89. The molecule has 0 atom stereocenters. The van der Waals surface area contributed by atoms with Crippen molar-refractivity contribution in [2.75, 3.05) is 0 Å². The molecule has 0 aliphatic heterocycles. The number of furan rings is 1. The van der Waals surface area contributed by atoms with E-state index in [4.69, 9.17) is 19.4 Å². The minimum absolute atomic E-state index is 0.0253. The number of nitrogens with zero attached hydrogens (tertiary/aromatic N) is 4. The summed E-state index contributed by atoms with van der Waals surface area (Å²) >= 11 is 0. The summed E-state index contributed by atoms with van der Waals surface area (Å²) < 4.78 is 8.84. The summed E-state index contributed by atoms with van der Waals surface area (Å²) in [5, 5.41) is 5.64. The lowest BCUT2D eigenvalue weighted by atomic mass is 9.84. The van der Waals surface area contributed by atoms with Crippen LogP contribution in [0.3, 0.4) is 0 Å². The number of H-pyrrole nitrogens is 1. The first-order valence-electron chi connectivity index (χ1n) is 18.3. The van der Waals surface area contributed by atoms with E-state index >= 15 is 0 Å². The molecule has 6 heteroatoms. The number of aromatic amines is 1. The van der Waals surface area contributed by atoms with Gasteiger partial charge in [0.05, 0.1) is 11.0 Å². The van der Waals surface area contributed by atoms with Crippen LogP contribution in [-0.4, -0.2) is 24.5 Å². The van der Waals surface area contributed by atoms with Crippen molar-refractivity contribution in [1.29, 1.82) is 0 Å². The normalized spacial score (nSPS) is 12.7. The number of rotatable bonds is 3. The van der Waals surface area contributed by atoms with E-state index in [0.29, 0.717) is 11.4 Å². The molecule has 5 heterocycles. The number of benzene rings is 5. The molecular weight excluding hydrogens is 651 g/mol. The molecule has 0 fully saturated rings. The van der Waals surface area contributed by atoms with Crippen LogP contribution in [0.5, 0.6) is 0 Å². The molecule has 1 N–H and O–H groups in total. The zero-order valence-electron chi connectivity index (χ0n) is 30.7. The number of aromatic nitrogens is 5. The molecule has 6 nitrogen and oxygen atoms in total. The summed E-state index contributed by atoms with van der Waals surface area (Å²) in [6, 6.07) is 40.7. The summed E-state index contributed by atoms with van der Waals surface area (Å²) in [7, 11) is 0. The maximum absolute atomic E-state index is 6.61.